The van der Waals surface area contributed by atoms with Gasteiger partial charge < -0.3 is 0 Å². The summed E-state index contributed by atoms with van der Waals surface area (Å²) in [6.45, 7) is 2.07. The molecule has 0 aliphatic carbocycles. The first-order valence-corrected chi connectivity index (χ1v) is 2.48. The molecule has 44 valence electrons. The molecule has 0 rings (SSSR count). The number of azide groups is 1. The molecule has 0 saturated carbocycles. The van der Waals surface area contributed by atoms with Gasteiger partial charge in [0.1, 0.15) is 0 Å². The van der Waals surface area contributed by atoms with Crippen LogP contribution in [-0.4, -0.2) is 6.54 Å². The van der Waals surface area contributed by atoms with Gasteiger partial charge in [-0.2, -0.15) is 0 Å². The monoisotopic (exact) mass is 131 g/mol. The zero-order chi connectivity index (χ0) is 6.41. The first kappa shape index (κ1) is 7.34. The van der Waals surface area contributed by atoms with E-state index in [1.54, 1.807) is 13.0 Å². The Kier molecular flexibility index (Phi) is 4.13. The number of rotatable bonds is 2. The lowest BCUT2D eigenvalue weighted by Crippen LogP contribution is -1.66. The Morgan fingerprint density at radius 3 is 3.00 bits per heavy atom. The summed E-state index contributed by atoms with van der Waals surface area (Å²) in [7, 11) is 0. The molecule has 0 amide bonds. The fourth-order valence-electron chi connectivity index (χ4n) is 0.203. The Balaban J connectivity index is 3.44. The summed E-state index contributed by atoms with van der Waals surface area (Å²) in [5.41, 5.74) is 7.77. The van der Waals surface area contributed by atoms with Gasteiger partial charge in [-0.3, -0.25) is 0 Å². The van der Waals surface area contributed by atoms with Crippen LogP contribution in [0.3, 0.4) is 0 Å². The molecule has 4 heteroatoms. The summed E-state index contributed by atoms with van der Waals surface area (Å²) >= 11 is 5.39. The first-order chi connectivity index (χ1) is 3.77. The van der Waals surface area contributed by atoms with Gasteiger partial charge in [0.05, 0.1) is 0 Å². The third kappa shape index (κ3) is 5.34. The van der Waals surface area contributed by atoms with Crippen LogP contribution in [0.1, 0.15) is 6.92 Å². The van der Waals surface area contributed by atoms with E-state index in [0.717, 1.165) is 0 Å². The maximum Gasteiger partial charge on any atom is 0.0454 e. The highest BCUT2D eigenvalue weighted by Crippen LogP contribution is 1.96. The predicted octanol–water partition coefficient (Wildman–Crippen LogP) is 2.44. The molecule has 0 aromatic carbocycles. The van der Waals surface area contributed by atoms with E-state index >= 15 is 0 Å². The molecule has 0 unspecified atom stereocenters. The van der Waals surface area contributed by atoms with Gasteiger partial charge in [0.25, 0.3) is 0 Å². The topological polar surface area (TPSA) is 48.8 Å². The van der Waals surface area contributed by atoms with Gasteiger partial charge in [-0.05, 0) is 12.5 Å². The lowest BCUT2D eigenvalue weighted by atomic mass is 10.5. The van der Waals surface area contributed by atoms with Crippen LogP contribution in [-0.2, 0) is 0 Å². The summed E-state index contributed by atoms with van der Waals surface area (Å²) in [4.78, 5) is 2.53. The maximum atomic E-state index is 7.77. The second-order valence-electron chi connectivity index (χ2n) is 1.20. The van der Waals surface area contributed by atoms with Crippen LogP contribution in [0.2, 0.25) is 0 Å². The minimum Gasteiger partial charge on any atom is -0.0899 e. The first-order valence-electron chi connectivity index (χ1n) is 2.10. The molecular weight excluding hydrogens is 126 g/mol. The number of hydrogen-bond acceptors (Lipinski definition) is 1. The number of hydrogen-bond donors (Lipinski definition) is 0. The lowest BCUT2D eigenvalue weighted by Gasteiger charge is -1.78. The Bertz CT molecular complexity index is 130. The van der Waals surface area contributed by atoms with Crippen molar-refractivity contribution in [2.45, 2.75) is 6.92 Å². The van der Waals surface area contributed by atoms with Crippen LogP contribution in [0.15, 0.2) is 16.2 Å². The molecule has 0 saturated heterocycles. The normalized spacial score (nSPS) is 10.5. The van der Waals surface area contributed by atoms with E-state index < -0.39 is 0 Å². The van der Waals surface area contributed by atoms with Crippen molar-refractivity contribution in [1.82, 2.24) is 0 Å². The van der Waals surface area contributed by atoms with E-state index in [1.165, 1.54) is 0 Å². The quantitative estimate of drug-likeness (QED) is 0.314. The fourth-order valence-corrected chi connectivity index (χ4v) is 0.272. The molecule has 0 N–H and O–H groups in total. The van der Waals surface area contributed by atoms with Crippen molar-refractivity contribution in [3.05, 3.63) is 21.6 Å². The second kappa shape index (κ2) is 4.50. The molecule has 0 aliphatic rings. The number of nitrogens with zero attached hydrogens (tertiary/aromatic N) is 3. The fraction of sp³-hybridized carbons (Fsp3) is 0.500. The number of allylic oxidation sites excluding steroid dienone is 1. The van der Waals surface area contributed by atoms with Gasteiger partial charge in [0, 0.05) is 16.5 Å². The average molecular weight is 132 g/mol. The Labute approximate surface area is 52.6 Å². The minimum atomic E-state index is 0.339. The highest BCUT2D eigenvalue weighted by atomic mass is 35.5. The van der Waals surface area contributed by atoms with Gasteiger partial charge in [-0.25, -0.2) is 0 Å². The molecule has 0 atom stereocenters. The van der Waals surface area contributed by atoms with E-state index in [2.05, 4.69) is 10.0 Å². The van der Waals surface area contributed by atoms with Crippen LogP contribution in [0.5, 0.6) is 0 Å². The summed E-state index contributed by atoms with van der Waals surface area (Å²) in [6, 6.07) is 0. The van der Waals surface area contributed by atoms with E-state index in [-0.39, 0.29) is 0 Å². The molecule has 0 bridgehead atoms. The van der Waals surface area contributed by atoms with Crippen molar-refractivity contribution in [3.8, 4) is 0 Å². The molecule has 0 aromatic heterocycles. The predicted molar refractivity (Wildman–Crippen MR) is 33.6 cm³/mol. The third-order valence-corrected chi connectivity index (χ3v) is 0.672. The number of halogens is 1. The van der Waals surface area contributed by atoms with Gasteiger partial charge in [0.2, 0.25) is 0 Å². The summed E-state index contributed by atoms with van der Waals surface area (Å²) < 4.78 is 0. The Morgan fingerprint density at radius 1 is 2.00 bits per heavy atom. The highest BCUT2D eigenvalue weighted by molar-refractivity contribution is 6.29. The van der Waals surface area contributed by atoms with E-state index in [9.17, 15) is 0 Å². The molecular formula is C4H6ClN3. The van der Waals surface area contributed by atoms with Crippen molar-refractivity contribution in [2.24, 2.45) is 5.11 Å². The zero-order valence-corrected chi connectivity index (χ0v) is 5.26. The van der Waals surface area contributed by atoms with Crippen molar-refractivity contribution < 1.29 is 0 Å². The molecule has 0 fully saturated rings. The smallest absolute Gasteiger partial charge is 0.0454 e. The van der Waals surface area contributed by atoms with Crippen LogP contribution in [0, 0.1) is 0 Å². The van der Waals surface area contributed by atoms with Crippen LogP contribution in [0.25, 0.3) is 10.4 Å². The molecule has 0 aromatic rings. The second-order valence-corrected chi connectivity index (χ2v) is 1.80. The van der Waals surface area contributed by atoms with E-state index in [0.29, 0.717) is 11.6 Å². The van der Waals surface area contributed by atoms with E-state index in [4.69, 9.17) is 17.1 Å². The molecule has 0 spiro atoms. The molecule has 0 radical (unpaired) electrons. The van der Waals surface area contributed by atoms with Gasteiger partial charge >= 0.3 is 0 Å². The Hall–Kier alpha value is -0.660. The van der Waals surface area contributed by atoms with Gasteiger partial charge in [-0.1, -0.05) is 22.8 Å². The summed E-state index contributed by atoms with van der Waals surface area (Å²) in [5.74, 6) is 0. The Morgan fingerprint density at radius 2 is 2.62 bits per heavy atom. The highest BCUT2D eigenvalue weighted by Gasteiger charge is 1.74. The standard InChI is InChI=1S/C4H6ClN3/c1-4(5)2-3-7-8-6/h2H,3H2,1H3/b4-2-. The molecule has 0 aliphatic heterocycles. The maximum absolute atomic E-state index is 7.77. The van der Waals surface area contributed by atoms with Gasteiger partial charge in [0.15, 0.2) is 0 Å². The van der Waals surface area contributed by atoms with Gasteiger partial charge in [-0.15, -0.1) is 0 Å². The molecule has 0 heterocycles. The lowest BCUT2D eigenvalue weighted by molar-refractivity contribution is 1.20. The van der Waals surface area contributed by atoms with Crippen LogP contribution < -0.4 is 0 Å². The minimum absolute atomic E-state index is 0.339. The third-order valence-electron chi connectivity index (χ3n) is 0.517. The van der Waals surface area contributed by atoms with Crippen molar-refractivity contribution in [3.63, 3.8) is 0 Å². The SMILES string of the molecule is C/C(Cl)=C/CN=[N+]=[N-]. The summed E-state index contributed by atoms with van der Waals surface area (Å²) in [5, 5.41) is 3.88. The molecule has 8 heavy (non-hydrogen) atoms. The summed E-state index contributed by atoms with van der Waals surface area (Å²) in [6.07, 6.45) is 1.64. The van der Waals surface area contributed by atoms with Crippen LogP contribution in [0.4, 0.5) is 0 Å². The molecule has 3 nitrogen and oxygen atoms in total. The zero-order valence-electron chi connectivity index (χ0n) is 4.50. The van der Waals surface area contributed by atoms with Crippen molar-refractivity contribution in [1.29, 1.82) is 0 Å². The average Bonchev–Trinajstić information content (AvgIpc) is 1.66. The van der Waals surface area contributed by atoms with Crippen LogP contribution >= 0.6 is 11.6 Å². The van der Waals surface area contributed by atoms with Crippen molar-refractivity contribution >= 4 is 11.6 Å². The van der Waals surface area contributed by atoms with Crippen molar-refractivity contribution in [2.75, 3.05) is 6.54 Å². The largest absolute Gasteiger partial charge is 0.0899 e. The van der Waals surface area contributed by atoms with E-state index in [1.807, 2.05) is 0 Å².